The number of benzene rings is 1. The van der Waals surface area contributed by atoms with E-state index in [-0.39, 0.29) is 5.88 Å². The molecule has 0 amide bonds. The van der Waals surface area contributed by atoms with E-state index in [1.807, 2.05) is 0 Å². The van der Waals surface area contributed by atoms with Crippen LogP contribution in [0.4, 0.5) is 8.78 Å². The SMILES string of the molecule is O=S(=O)(NC1(CCl)CCCCC1)c1cc(F)ccc1F. The molecule has 1 N–H and O–H groups in total. The van der Waals surface area contributed by atoms with E-state index in [0.717, 1.165) is 31.4 Å². The van der Waals surface area contributed by atoms with Crippen LogP contribution in [-0.2, 0) is 10.0 Å². The largest absolute Gasteiger partial charge is 0.244 e. The van der Waals surface area contributed by atoms with Crippen molar-refractivity contribution in [2.75, 3.05) is 5.88 Å². The van der Waals surface area contributed by atoms with E-state index < -0.39 is 32.1 Å². The Morgan fingerprint density at radius 2 is 1.85 bits per heavy atom. The summed E-state index contributed by atoms with van der Waals surface area (Å²) in [6.45, 7) is 0. The average molecular weight is 324 g/mol. The van der Waals surface area contributed by atoms with Gasteiger partial charge in [0, 0.05) is 11.4 Å². The van der Waals surface area contributed by atoms with Crippen molar-refractivity contribution < 1.29 is 17.2 Å². The summed E-state index contributed by atoms with van der Waals surface area (Å²) in [6.07, 6.45) is 3.95. The minimum Gasteiger partial charge on any atom is -0.207 e. The van der Waals surface area contributed by atoms with Crippen LogP contribution in [0.5, 0.6) is 0 Å². The maximum Gasteiger partial charge on any atom is 0.244 e. The van der Waals surface area contributed by atoms with Gasteiger partial charge in [0.25, 0.3) is 0 Å². The third-order valence-electron chi connectivity index (χ3n) is 3.60. The lowest BCUT2D eigenvalue weighted by Crippen LogP contribution is -2.51. The predicted octanol–water partition coefficient (Wildman–Crippen LogP) is 3.18. The number of hydrogen-bond donors (Lipinski definition) is 1. The first-order valence-corrected chi connectivity index (χ1v) is 8.45. The lowest BCUT2D eigenvalue weighted by Gasteiger charge is -2.36. The Bertz CT molecular complexity index is 586. The zero-order chi connectivity index (χ0) is 14.8. The second kappa shape index (κ2) is 5.95. The summed E-state index contributed by atoms with van der Waals surface area (Å²) in [5.74, 6) is -1.65. The van der Waals surface area contributed by atoms with Crippen LogP contribution in [-0.4, -0.2) is 19.8 Å². The van der Waals surface area contributed by atoms with Gasteiger partial charge in [0.05, 0.1) is 0 Å². The fourth-order valence-electron chi connectivity index (χ4n) is 2.51. The molecule has 0 spiro atoms. The number of rotatable bonds is 4. The second-order valence-electron chi connectivity index (χ2n) is 5.15. The van der Waals surface area contributed by atoms with E-state index in [9.17, 15) is 17.2 Å². The topological polar surface area (TPSA) is 46.2 Å². The van der Waals surface area contributed by atoms with Gasteiger partial charge in [-0.2, -0.15) is 0 Å². The van der Waals surface area contributed by atoms with Crippen LogP contribution in [0.1, 0.15) is 32.1 Å². The van der Waals surface area contributed by atoms with Crippen molar-refractivity contribution in [2.24, 2.45) is 0 Å². The molecule has 1 saturated carbocycles. The van der Waals surface area contributed by atoms with Gasteiger partial charge in [0.15, 0.2) is 0 Å². The molecule has 1 aliphatic rings. The maximum atomic E-state index is 13.6. The molecule has 0 saturated heterocycles. The minimum atomic E-state index is -4.13. The summed E-state index contributed by atoms with van der Waals surface area (Å²) in [6, 6.07) is 2.37. The Hall–Kier alpha value is -0.720. The molecule has 0 bridgehead atoms. The van der Waals surface area contributed by atoms with Crippen LogP contribution in [0.3, 0.4) is 0 Å². The van der Waals surface area contributed by atoms with E-state index in [1.165, 1.54) is 0 Å². The van der Waals surface area contributed by atoms with Gasteiger partial charge in [-0.15, -0.1) is 11.6 Å². The van der Waals surface area contributed by atoms with E-state index in [4.69, 9.17) is 11.6 Å². The van der Waals surface area contributed by atoms with Gasteiger partial charge < -0.3 is 0 Å². The highest BCUT2D eigenvalue weighted by atomic mass is 35.5. The molecule has 2 rings (SSSR count). The van der Waals surface area contributed by atoms with Crippen LogP contribution < -0.4 is 4.72 Å². The number of halogens is 3. The van der Waals surface area contributed by atoms with E-state index >= 15 is 0 Å². The molecule has 0 atom stereocenters. The number of hydrogen-bond acceptors (Lipinski definition) is 2. The van der Waals surface area contributed by atoms with Gasteiger partial charge in [-0.1, -0.05) is 19.3 Å². The van der Waals surface area contributed by atoms with E-state index in [0.29, 0.717) is 18.9 Å². The Morgan fingerprint density at radius 1 is 1.20 bits per heavy atom. The molecule has 112 valence electrons. The first-order valence-electron chi connectivity index (χ1n) is 6.44. The molecule has 0 unspecified atom stereocenters. The summed E-state index contributed by atoms with van der Waals surface area (Å²) in [7, 11) is -4.13. The molecular weight excluding hydrogens is 308 g/mol. The second-order valence-corrected chi connectivity index (χ2v) is 7.07. The Kier molecular flexibility index (Phi) is 4.66. The number of nitrogens with one attached hydrogen (secondary N) is 1. The van der Waals surface area contributed by atoms with Crippen LogP contribution in [0.2, 0.25) is 0 Å². The zero-order valence-corrected chi connectivity index (χ0v) is 12.4. The molecule has 1 aliphatic carbocycles. The van der Waals surface area contributed by atoms with Crippen molar-refractivity contribution in [1.29, 1.82) is 0 Å². The van der Waals surface area contributed by atoms with Gasteiger partial charge in [-0.25, -0.2) is 21.9 Å². The van der Waals surface area contributed by atoms with Gasteiger partial charge in [-0.05, 0) is 31.0 Å². The first kappa shape index (κ1) is 15.7. The van der Waals surface area contributed by atoms with Crippen LogP contribution in [0, 0.1) is 11.6 Å². The number of alkyl halides is 1. The lowest BCUT2D eigenvalue weighted by molar-refractivity contribution is 0.297. The Labute approximate surface area is 122 Å². The third-order valence-corrected chi connectivity index (χ3v) is 5.71. The molecule has 0 aromatic heterocycles. The number of sulfonamides is 1. The monoisotopic (exact) mass is 323 g/mol. The molecule has 7 heteroatoms. The fraction of sp³-hybridized carbons (Fsp3) is 0.538. The van der Waals surface area contributed by atoms with Gasteiger partial charge >= 0.3 is 0 Å². The molecule has 0 heterocycles. The highest BCUT2D eigenvalue weighted by molar-refractivity contribution is 7.89. The highest BCUT2D eigenvalue weighted by Gasteiger charge is 2.36. The van der Waals surface area contributed by atoms with E-state index in [2.05, 4.69) is 4.72 Å². The molecule has 0 aliphatic heterocycles. The fourth-order valence-corrected chi connectivity index (χ4v) is 4.48. The molecule has 1 aromatic rings. The highest BCUT2D eigenvalue weighted by Crippen LogP contribution is 2.31. The zero-order valence-electron chi connectivity index (χ0n) is 10.8. The van der Waals surface area contributed by atoms with Crippen molar-refractivity contribution in [1.82, 2.24) is 4.72 Å². The quantitative estimate of drug-likeness (QED) is 0.865. The smallest absolute Gasteiger partial charge is 0.207 e. The summed E-state index contributed by atoms with van der Waals surface area (Å²) in [5, 5.41) is 0. The lowest BCUT2D eigenvalue weighted by atomic mass is 9.84. The molecule has 20 heavy (non-hydrogen) atoms. The Morgan fingerprint density at radius 3 is 2.45 bits per heavy atom. The maximum absolute atomic E-state index is 13.6. The van der Waals surface area contributed by atoms with Crippen molar-refractivity contribution >= 4 is 21.6 Å². The molecule has 1 aromatic carbocycles. The molecule has 0 radical (unpaired) electrons. The van der Waals surface area contributed by atoms with Crippen molar-refractivity contribution in [3.8, 4) is 0 Å². The standard InChI is InChI=1S/C13H16ClF2NO2S/c14-9-13(6-2-1-3-7-13)17-20(18,19)12-8-10(15)4-5-11(12)16/h4-5,8,17H,1-3,6-7,9H2. The molecular formula is C13H16ClF2NO2S. The predicted molar refractivity (Wildman–Crippen MR) is 73.2 cm³/mol. The summed E-state index contributed by atoms with van der Waals surface area (Å²) < 4.78 is 53.8. The molecule has 3 nitrogen and oxygen atoms in total. The Balaban J connectivity index is 2.32. The summed E-state index contributed by atoms with van der Waals surface area (Å²) in [5.41, 5.74) is -0.766. The van der Waals surface area contributed by atoms with Crippen molar-refractivity contribution in [2.45, 2.75) is 42.5 Å². The summed E-state index contributed by atoms with van der Waals surface area (Å²) >= 11 is 5.91. The first-order chi connectivity index (χ1) is 9.38. The van der Waals surface area contributed by atoms with Gasteiger partial charge in [0.2, 0.25) is 10.0 Å². The van der Waals surface area contributed by atoms with Crippen molar-refractivity contribution in [3.05, 3.63) is 29.8 Å². The molecule has 1 fully saturated rings. The van der Waals surface area contributed by atoms with E-state index in [1.54, 1.807) is 0 Å². The van der Waals surface area contributed by atoms with Crippen LogP contribution >= 0.6 is 11.6 Å². The summed E-state index contributed by atoms with van der Waals surface area (Å²) in [4.78, 5) is -0.674. The van der Waals surface area contributed by atoms with Crippen LogP contribution in [0.25, 0.3) is 0 Å². The average Bonchev–Trinajstić information content (AvgIpc) is 2.42. The van der Waals surface area contributed by atoms with Gasteiger partial charge in [0.1, 0.15) is 16.5 Å². The van der Waals surface area contributed by atoms with Crippen molar-refractivity contribution in [3.63, 3.8) is 0 Å². The normalized spacial score (nSPS) is 18.9. The van der Waals surface area contributed by atoms with Crippen LogP contribution in [0.15, 0.2) is 23.1 Å². The minimum absolute atomic E-state index is 0.114. The third kappa shape index (κ3) is 3.30. The van der Waals surface area contributed by atoms with Gasteiger partial charge in [-0.3, -0.25) is 0 Å².